The summed E-state index contributed by atoms with van der Waals surface area (Å²) in [5.74, 6) is 0.0847. The summed E-state index contributed by atoms with van der Waals surface area (Å²) in [6.07, 6.45) is -2.75. The molecule has 1 aromatic rings. The van der Waals surface area contributed by atoms with E-state index in [1.54, 1.807) is 0 Å². The average molecular weight is 320 g/mol. The Morgan fingerprint density at radius 1 is 1.32 bits per heavy atom. The van der Waals surface area contributed by atoms with Crippen LogP contribution >= 0.6 is 0 Å². The van der Waals surface area contributed by atoms with E-state index in [-0.39, 0.29) is 19.0 Å². The fourth-order valence-corrected chi connectivity index (χ4v) is 2.12. The van der Waals surface area contributed by atoms with E-state index < -0.39 is 24.1 Å². The molecule has 1 fully saturated rings. The molecule has 2 atom stereocenters. The molecule has 1 aliphatic rings. The van der Waals surface area contributed by atoms with E-state index >= 15 is 0 Å². The van der Waals surface area contributed by atoms with Crippen LogP contribution in [0.4, 0.5) is 13.2 Å². The van der Waals surface area contributed by atoms with Crippen molar-refractivity contribution < 1.29 is 32.5 Å². The van der Waals surface area contributed by atoms with Crippen LogP contribution in [0.25, 0.3) is 0 Å². The lowest BCUT2D eigenvalue weighted by Crippen LogP contribution is -2.33. The summed E-state index contributed by atoms with van der Waals surface area (Å²) >= 11 is 0. The van der Waals surface area contributed by atoms with E-state index in [0.29, 0.717) is 6.61 Å². The van der Waals surface area contributed by atoms with Gasteiger partial charge in [0, 0.05) is 6.61 Å². The molecule has 7 heteroatoms. The molecule has 2 rings (SSSR count). The Morgan fingerprint density at radius 3 is 2.77 bits per heavy atom. The van der Waals surface area contributed by atoms with Crippen LogP contribution in [0.15, 0.2) is 24.3 Å². The summed E-state index contributed by atoms with van der Waals surface area (Å²) in [5.41, 5.74) is -0.776. The first-order chi connectivity index (χ1) is 10.5. The molecule has 0 spiro atoms. The lowest BCUT2D eigenvalue weighted by molar-refractivity contribution is -0.199. The Morgan fingerprint density at radius 2 is 2.14 bits per heavy atom. The molecule has 2 unspecified atom stereocenters. The zero-order valence-electron chi connectivity index (χ0n) is 12.0. The van der Waals surface area contributed by atoms with Crippen LogP contribution in [0.5, 0.6) is 5.75 Å². The molecule has 0 amide bonds. The molecular formula is C15H19F3O4. The number of aliphatic hydroxyl groups is 1. The number of halogens is 3. The van der Waals surface area contributed by atoms with Crippen LogP contribution in [0.3, 0.4) is 0 Å². The van der Waals surface area contributed by atoms with Crippen LogP contribution in [-0.4, -0.2) is 37.3 Å². The molecule has 22 heavy (non-hydrogen) atoms. The summed E-state index contributed by atoms with van der Waals surface area (Å²) in [6.45, 7) is 0.272. The van der Waals surface area contributed by atoms with E-state index in [9.17, 15) is 18.3 Å². The van der Waals surface area contributed by atoms with E-state index in [4.69, 9.17) is 14.2 Å². The van der Waals surface area contributed by atoms with Gasteiger partial charge in [-0.25, -0.2) is 0 Å². The number of benzene rings is 1. The van der Waals surface area contributed by atoms with Gasteiger partial charge >= 0.3 is 6.18 Å². The van der Waals surface area contributed by atoms with E-state index in [1.807, 2.05) is 0 Å². The highest BCUT2D eigenvalue weighted by Crippen LogP contribution is 2.31. The lowest BCUT2D eigenvalue weighted by atomic mass is 10.2. The van der Waals surface area contributed by atoms with Gasteiger partial charge in [0.25, 0.3) is 0 Å². The second-order valence-corrected chi connectivity index (χ2v) is 5.07. The van der Waals surface area contributed by atoms with Gasteiger partial charge in [0.15, 0.2) is 6.29 Å². The van der Waals surface area contributed by atoms with Gasteiger partial charge in [-0.15, -0.1) is 0 Å². The second kappa shape index (κ2) is 7.80. The first-order valence-electron chi connectivity index (χ1n) is 7.17. The van der Waals surface area contributed by atoms with Gasteiger partial charge in [-0.05, 0) is 37.5 Å². The van der Waals surface area contributed by atoms with Crippen molar-refractivity contribution in [3.05, 3.63) is 29.8 Å². The monoisotopic (exact) mass is 320 g/mol. The highest BCUT2D eigenvalue weighted by molar-refractivity contribution is 5.30. The maximum atomic E-state index is 12.6. The van der Waals surface area contributed by atoms with E-state index in [2.05, 4.69) is 0 Å². The number of hydrogen-bond donors (Lipinski definition) is 1. The maximum absolute atomic E-state index is 12.6. The number of ether oxygens (including phenoxy) is 3. The molecule has 4 nitrogen and oxygen atoms in total. The normalized spacial score (nSPS) is 20.6. The zero-order valence-corrected chi connectivity index (χ0v) is 12.0. The van der Waals surface area contributed by atoms with Crippen molar-refractivity contribution in [3.8, 4) is 5.75 Å². The summed E-state index contributed by atoms with van der Waals surface area (Å²) in [4.78, 5) is 0. The standard InChI is InChI=1S/C15H19F3O4/c16-15(17,18)11-4-3-5-12(8-11)21-10-13(9-19)22-14-6-1-2-7-20-14/h3-5,8,13-14,19H,1-2,6-7,9-10H2. The van der Waals surface area contributed by atoms with Crippen molar-refractivity contribution in [1.29, 1.82) is 0 Å². The number of rotatable bonds is 6. The lowest BCUT2D eigenvalue weighted by Gasteiger charge is -2.26. The minimum Gasteiger partial charge on any atom is -0.491 e. The number of hydrogen-bond acceptors (Lipinski definition) is 4. The van der Waals surface area contributed by atoms with Crippen molar-refractivity contribution in [2.75, 3.05) is 19.8 Å². The first-order valence-corrected chi connectivity index (χ1v) is 7.17. The smallest absolute Gasteiger partial charge is 0.416 e. The molecule has 0 aliphatic carbocycles. The minimum atomic E-state index is -4.41. The van der Waals surface area contributed by atoms with Crippen molar-refractivity contribution in [3.63, 3.8) is 0 Å². The molecule has 1 saturated heterocycles. The average Bonchev–Trinajstić information content (AvgIpc) is 2.52. The molecular weight excluding hydrogens is 301 g/mol. The van der Waals surface area contributed by atoms with Gasteiger partial charge in [-0.3, -0.25) is 0 Å². The quantitative estimate of drug-likeness (QED) is 0.875. The summed E-state index contributed by atoms with van der Waals surface area (Å²) in [5, 5.41) is 9.28. The Kier molecular flexibility index (Phi) is 6.05. The number of alkyl halides is 3. The predicted molar refractivity (Wildman–Crippen MR) is 72.5 cm³/mol. The third-order valence-electron chi connectivity index (χ3n) is 3.28. The Labute approximate surface area is 126 Å². The molecule has 124 valence electrons. The highest BCUT2D eigenvalue weighted by Gasteiger charge is 2.30. The molecule has 0 saturated carbocycles. The molecule has 1 aliphatic heterocycles. The molecule has 1 heterocycles. The Bertz CT molecular complexity index is 458. The SMILES string of the molecule is OCC(COc1cccc(C(F)(F)F)c1)OC1CCCCO1. The van der Waals surface area contributed by atoms with Gasteiger partial charge in [0.05, 0.1) is 12.2 Å². The highest BCUT2D eigenvalue weighted by atomic mass is 19.4. The van der Waals surface area contributed by atoms with Gasteiger partial charge < -0.3 is 19.3 Å². The second-order valence-electron chi connectivity index (χ2n) is 5.07. The third-order valence-corrected chi connectivity index (χ3v) is 3.28. The number of aliphatic hydroxyl groups excluding tert-OH is 1. The van der Waals surface area contributed by atoms with Gasteiger partial charge in [-0.1, -0.05) is 6.07 Å². The summed E-state index contributed by atoms with van der Waals surface area (Å²) in [7, 11) is 0. The van der Waals surface area contributed by atoms with Crippen LogP contribution < -0.4 is 4.74 Å². The largest absolute Gasteiger partial charge is 0.491 e. The molecule has 0 bridgehead atoms. The van der Waals surface area contributed by atoms with E-state index in [1.165, 1.54) is 12.1 Å². The summed E-state index contributed by atoms with van der Waals surface area (Å²) < 4.78 is 54.0. The van der Waals surface area contributed by atoms with Gasteiger partial charge in [0.2, 0.25) is 0 Å². The maximum Gasteiger partial charge on any atom is 0.416 e. The van der Waals surface area contributed by atoms with Gasteiger partial charge in [0.1, 0.15) is 18.5 Å². The minimum absolute atomic E-state index is 0.0440. The fraction of sp³-hybridized carbons (Fsp3) is 0.600. The fourth-order valence-electron chi connectivity index (χ4n) is 2.12. The van der Waals surface area contributed by atoms with Crippen molar-refractivity contribution >= 4 is 0 Å². The van der Waals surface area contributed by atoms with Crippen LogP contribution in [0.2, 0.25) is 0 Å². The first kappa shape index (κ1) is 17.1. The topological polar surface area (TPSA) is 47.9 Å². The Balaban J connectivity index is 1.87. The molecule has 0 aromatic heterocycles. The van der Waals surface area contributed by atoms with Crippen molar-refractivity contribution in [2.24, 2.45) is 0 Å². The molecule has 0 radical (unpaired) electrons. The van der Waals surface area contributed by atoms with Crippen LogP contribution in [0.1, 0.15) is 24.8 Å². The Hall–Kier alpha value is -1.31. The van der Waals surface area contributed by atoms with Crippen LogP contribution in [0, 0.1) is 0 Å². The third kappa shape index (κ3) is 5.15. The van der Waals surface area contributed by atoms with Crippen molar-refractivity contribution in [1.82, 2.24) is 0 Å². The molecule has 1 aromatic carbocycles. The zero-order chi connectivity index (χ0) is 16.0. The van der Waals surface area contributed by atoms with Gasteiger partial charge in [-0.2, -0.15) is 13.2 Å². The van der Waals surface area contributed by atoms with Crippen molar-refractivity contribution in [2.45, 2.75) is 37.8 Å². The summed E-state index contributed by atoms with van der Waals surface area (Å²) in [6, 6.07) is 4.60. The predicted octanol–water partition coefficient (Wildman–Crippen LogP) is 2.99. The van der Waals surface area contributed by atoms with E-state index in [0.717, 1.165) is 31.4 Å². The van der Waals surface area contributed by atoms with Crippen LogP contribution in [-0.2, 0) is 15.7 Å². The molecule has 1 N–H and O–H groups in total.